The summed E-state index contributed by atoms with van der Waals surface area (Å²) in [6, 6.07) is 4.61. The van der Waals surface area contributed by atoms with Crippen molar-refractivity contribution in [1.82, 2.24) is 4.90 Å². The second-order valence-corrected chi connectivity index (χ2v) is 4.59. The number of β-amino-alcohol motifs (C(OH)–C–C–N with tert-alkyl or cyclic N) is 2. The van der Waals surface area contributed by atoms with E-state index in [1.807, 2.05) is 0 Å². The average molecular weight is 269 g/mol. The summed E-state index contributed by atoms with van der Waals surface area (Å²) in [6.07, 6.45) is -1.62. The van der Waals surface area contributed by atoms with Crippen molar-refractivity contribution in [2.45, 2.75) is 18.8 Å². The van der Waals surface area contributed by atoms with Gasteiger partial charge in [-0.1, -0.05) is 17.3 Å². The molecule has 1 aromatic rings. The number of nitrogens with zero attached hydrogens (tertiary/aromatic N) is 2. The van der Waals surface area contributed by atoms with Gasteiger partial charge < -0.3 is 21.2 Å². The maximum atomic E-state index is 14.1. The Bertz CT molecular complexity index is 485. The molecule has 1 heterocycles. The summed E-state index contributed by atoms with van der Waals surface area (Å²) in [5, 5.41) is 30.2. The zero-order valence-electron chi connectivity index (χ0n) is 10.2. The molecule has 0 aliphatic carbocycles. The molecule has 5 N–H and O–H groups in total. The highest BCUT2D eigenvalue weighted by Gasteiger charge is 2.29. The van der Waals surface area contributed by atoms with Crippen molar-refractivity contribution in [3.05, 3.63) is 35.1 Å². The van der Waals surface area contributed by atoms with Gasteiger partial charge in [-0.2, -0.15) is 0 Å². The Labute approximate surface area is 109 Å². The first kappa shape index (κ1) is 13.7. The van der Waals surface area contributed by atoms with E-state index in [2.05, 4.69) is 5.16 Å². The van der Waals surface area contributed by atoms with Crippen molar-refractivity contribution >= 4 is 5.84 Å². The van der Waals surface area contributed by atoms with Crippen LogP contribution < -0.4 is 5.73 Å². The first-order chi connectivity index (χ1) is 9.02. The molecule has 0 aromatic heterocycles. The largest absolute Gasteiger partial charge is 0.409 e. The van der Waals surface area contributed by atoms with Gasteiger partial charge in [-0.15, -0.1) is 0 Å². The molecule has 2 atom stereocenters. The molecule has 1 aliphatic rings. The molecule has 0 radical (unpaired) electrons. The van der Waals surface area contributed by atoms with Crippen LogP contribution in [0.4, 0.5) is 4.39 Å². The molecular weight excluding hydrogens is 253 g/mol. The monoisotopic (exact) mass is 269 g/mol. The normalized spacial score (nSPS) is 24.9. The lowest BCUT2D eigenvalue weighted by atomic mass is 10.1. The summed E-state index contributed by atoms with van der Waals surface area (Å²) in [4.78, 5) is 1.74. The maximum Gasteiger partial charge on any atom is 0.173 e. The van der Waals surface area contributed by atoms with Crippen LogP contribution in [0.2, 0.25) is 0 Å². The van der Waals surface area contributed by atoms with E-state index < -0.39 is 18.0 Å². The Morgan fingerprint density at radius 2 is 2.00 bits per heavy atom. The topological polar surface area (TPSA) is 102 Å². The average Bonchev–Trinajstić information content (AvgIpc) is 2.70. The first-order valence-corrected chi connectivity index (χ1v) is 5.86. The number of aliphatic hydroxyl groups is 2. The molecule has 19 heavy (non-hydrogen) atoms. The van der Waals surface area contributed by atoms with Gasteiger partial charge in [0, 0.05) is 25.2 Å². The number of likely N-dealkylation sites (tertiary alicyclic amines) is 1. The van der Waals surface area contributed by atoms with Crippen LogP contribution in [0.3, 0.4) is 0 Å². The molecule has 2 unspecified atom stereocenters. The van der Waals surface area contributed by atoms with E-state index in [1.165, 1.54) is 6.07 Å². The number of halogens is 1. The molecule has 0 saturated carbocycles. The second-order valence-electron chi connectivity index (χ2n) is 4.59. The van der Waals surface area contributed by atoms with Crippen LogP contribution in [0.15, 0.2) is 23.4 Å². The third kappa shape index (κ3) is 2.83. The third-order valence-corrected chi connectivity index (χ3v) is 3.19. The van der Waals surface area contributed by atoms with Crippen LogP contribution in [0.25, 0.3) is 0 Å². The fourth-order valence-electron chi connectivity index (χ4n) is 2.17. The van der Waals surface area contributed by atoms with Gasteiger partial charge in [-0.05, 0) is 6.07 Å². The molecule has 2 rings (SSSR count). The van der Waals surface area contributed by atoms with Gasteiger partial charge in [0.25, 0.3) is 0 Å². The van der Waals surface area contributed by atoms with E-state index in [9.17, 15) is 14.6 Å². The smallest absolute Gasteiger partial charge is 0.173 e. The fraction of sp³-hybridized carbons (Fsp3) is 0.417. The summed E-state index contributed by atoms with van der Waals surface area (Å²) in [5.41, 5.74) is 5.78. The summed E-state index contributed by atoms with van der Waals surface area (Å²) < 4.78 is 14.1. The Morgan fingerprint density at radius 3 is 2.58 bits per heavy atom. The minimum atomic E-state index is -0.810. The molecule has 0 amide bonds. The Kier molecular flexibility index (Phi) is 3.98. The summed E-state index contributed by atoms with van der Waals surface area (Å²) in [6.45, 7) is 0.815. The van der Waals surface area contributed by atoms with Crippen LogP contribution in [0.1, 0.15) is 11.1 Å². The third-order valence-electron chi connectivity index (χ3n) is 3.19. The molecule has 1 fully saturated rings. The van der Waals surface area contributed by atoms with Crippen LogP contribution in [0, 0.1) is 5.82 Å². The van der Waals surface area contributed by atoms with Gasteiger partial charge >= 0.3 is 0 Å². The summed E-state index contributed by atoms with van der Waals surface area (Å²) in [7, 11) is 0. The maximum absolute atomic E-state index is 14.1. The van der Waals surface area contributed by atoms with Gasteiger partial charge in [-0.3, -0.25) is 4.90 Å². The van der Waals surface area contributed by atoms with E-state index in [0.29, 0.717) is 5.56 Å². The fourth-order valence-corrected chi connectivity index (χ4v) is 2.17. The molecule has 1 saturated heterocycles. The lowest BCUT2D eigenvalue weighted by molar-refractivity contribution is 0.0572. The SMILES string of the molecule is N/C(=N/O)c1cccc(CN2CC(O)C(O)C2)c1F. The van der Waals surface area contributed by atoms with E-state index in [4.69, 9.17) is 10.9 Å². The molecule has 7 heteroatoms. The molecule has 6 nitrogen and oxygen atoms in total. The van der Waals surface area contributed by atoms with Gasteiger partial charge in [-0.25, -0.2) is 4.39 Å². The number of hydrogen-bond donors (Lipinski definition) is 4. The van der Waals surface area contributed by atoms with E-state index in [0.717, 1.165) is 0 Å². The van der Waals surface area contributed by atoms with Crippen LogP contribution in [0.5, 0.6) is 0 Å². The van der Waals surface area contributed by atoms with Crippen LogP contribution >= 0.6 is 0 Å². The summed E-state index contributed by atoms with van der Waals surface area (Å²) in [5.74, 6) is -0.852. The summed E-state index contributed by atoms with van der Waals surface area (Å²) >= 11 is 0. The molecular formula is C12H16FN3O3. The number of rotatable bonds is 3. The number of hydrogen-bond acceptors (Lipinski definition) is 5. The van der Waals surface area contributed by atoms with E-state index in [1.54, 1.807) is 17.0 Å². The van der Waals surface area contributed by atoms with Gasteiger partial charge in [0.1, 0.15) is 5.82 Å². The van der Waals surface area contributed by atoms with Crippen molar-refractivity contribution in [1.29, 1.82) is 0 Å². The highest BCUT2D eigenvalue weighted by atomic mass is 19.1. The Hall–Kier alpha value is -1.70. The first-order valence-electron chi connectivity index (χ1n) is 5.86. The van der Waals surface area contributed by atoms with Crippen LogP contribution in [-0.2, 0) is 6.54 Å². The number of amidine groups is 1. The van der Waals surface area contributed by atoms with Crippen molar-refractivity contribution in [2.75, 3.05) is 13.1 Å². The van der Waals surface area contributed by atoms with Crippen molar-refractivity contribution in [2.24, 2.45) is 10.9 Å². The number of nitrogens with two attached hydrogens (primary N) is 1. The van der Waals surface area contributed by atoms with Crippen molar-refractivity contribution in [3.63, 3.8) is 0 Å². The van der Waals surface area contributed by atoms with E-state index >= 15 is 0 Å². The minimum absolute atomic E-state index is 0.0280. The zero-order valence-corrected chi connectivity index (χ0v) is 10.2. The van der Waals surface area contributed by atoms with Crippen LogP contribution in [-0.4, -0.2) is 51.5 Å². The predicted octanol–water partition coefficient (Wildman–Crippen LogP) is -0.542. The zero-order chi connectivity index (χ0) is 14.0. The van der Waals surface area contributed by atoms with Gasteiger partial charge in [0.15, 0.2) is 5.84 Å². The number of oxime groups is 1. The minimum Gasteiger partial charge on any atom is -0.409 e. The molecule has 1 aromatic carbocycles. The standard InChI is InChI=1S/C12H16FN3O3/c13-11-7(2-1-3-8(11)12(14)15-19)4-16-5-9(17)10(18)6-16/h1-3,9-10,17-19H,4-6H2,(H2,14,15). The number of benzene rings is 1. The number of aliphatic hydroxyl groups excluding tert-OH is 2. The lowest BCUT2D eigenvalue weighted by Gasteiger charge is -2.16. The molecule has 0 bridgehead atoms. The Balaban J connectivity index is 2.18. The van der Waals surface area contributed by atoms with Crippen molar-refractivity contribution in [3.8, 4) is 0 Å². The van der Waals surface area contributed by atoms with Gasteiger partial charge in [0.2, 0.25) is 0 Å². The molecule has 0 spiro atoms. The highest BCUT2D eigenvalue weighted by molar-refractivity contribution is 5.97. The lowest BCUT2D eigenvalue weighted by Crippen LogP contribution is -2.23. The quantitative estimate of drug-likeness (QED) is 0.255. The predicted molar refractivity (Wildman–Crippen MR) is 66.2 cm³/mol. The molecule has 104 valence electrons. The molecule has 1 aliphatic heterocycles. The Morgan fingerprint density at radius 1 is 1.37 bits per heavy atom. The van der Waals surface area contributed by atoms with E-state index in [-0.39, 0.29) is 31.0 Å². The van der Waals surface area contributed by atoms with Gasteiger partial charge in [0.05, 0.1) is 17.8 Å². The second kappa shape index (κ2) is 5.52. The van der Waals surface area contributed by atoms with Crippen molar-refractivity contribution < 1.29 is 19.8 Å². The highest BCUT2D eigenvalue weighted by Crippen LogP contribution is 2.18.